The van der Waals surface area contributed by atoms with E-state index < -0.39 is 40.4 Å². The first-order chi connectivity index (χ1) is 6.82. The number of nitrogens with one attached hydrogen (secondary N) is 1. The van der Waals surface area contributed by atoms with Gasteiger partial charge in [-0.3, -0.25) is 19.1 Å². The van der Waals surface area contributed by atoms with Crippen molar-refractivity contribution in [3.63, 3.8) is 0 Å². The summed E-state index contributed by atoms with van der Waals surface area (Å²) in [6.45, 7) is 1.38. The van der Waals surface area contributed by atoms with Crippen LogP contribution in [-0.2, 0) is 20.4 Å². The van der Waals surface area contributed by atoms with E-state index in [4.69, 9.17) is 5.11 Å². The number of amides is 3. The predicted octanol–water partition coefficient (Wildman–Crippen LogP) is -1.35. The molecule has 86 valence electrons. The van der Waals surface area contributed by atoms with Gasteiger partial charge in [-0.05, 0) is 0 Å². The molecule has 0 aliphatic heterocycles. The number of carboxylic acid groups (broad SMARTS) is 1. The summed E-state index contributed by atoms with van der Waals surface area (Å²) in [6.07, 6.45) is 0. The van der Waals surface area contributed by atoms with E-state index in [9.17, 15) is 18.6 Å². The number of carbonyl (C=O) groups is 3. The van der Waals surface area contributed by atoms with E-state index in [0.29, 0.717) is 0 Å². The third kappa shape index (κ3) is 6.61. The van der Waals surface area contributed by atoms with Crippen LogP contribution in [-0.4, -0.2) is 38.7 Å². The molecule has 0 saturated carbocycles. The Bertz CT molecular complexity index is 304. The van der Waals surface area contributed by atoms with Gasteiger partial charge in [-0.2, -0.15) is 0 Å². The molecule has 0 spiro atoms. The van der Waals surface area contributed by atoms with Gasteiger partial charge in [0.05, 0.1) is 5.92 Å². The highest BCUT2D eigenvalue weighted by molar-refractivity contribution is 7.85. The summed E-state index contributed by atoms with van der Waals surface area (Å²) >= 11 is 0. The van der Waals surface area contributed by atoms with Gasteiger partial charge in [-0.25, -0.2) is 4.79 Å². The van der Waals surface area contributed by atoms with Gasteiger partial charge >= 0.3 is 12.0 Å². The van der Waals surface area contributed by atoms with Gasteiger partial charge in [0.25, 0.3) is 0 Å². The van der Waals surface area contributed by atoms with Crippen molar-refractivity contribution in [3.8, 4) is 0 Å². The number of imide groups is 1. The molecule has 4 N–H and O–H groups in total. The Labute approximate surface area is 88.5 Å². The lowest BCUT2D eigenvalue weighted by Crippen LogP contribution is -2.38. The maximum atomic E-state index is 11.2. The Morgan fingerprint density at radius 3 is 2.40 bits per heavy atom. The third-order valence-electron chi connectivity index (χ3n) is 1.41. The van der Waals surface area contributed by atoms with Crippen molar-refractivity contribution in [3.05, 3.63) is 0 Å². The van der Waals surface area contributed by atoms with Gasteiger partial charge in [0, 0.05) is 16.6 Å². The lowest BCUT2D eigenvalue weighted by molar-refractivity contribution is -0.140. The molecule has 0 rings (SSSR count). The van der Waals surface area contributed by atoms with E-state index in [1.807, 2.05) is 0 Å². The zero-order valence-electron chi connectivity index (χ0n) is 8.06. The predicted molar refractivity (Wildman–Crippen MR) is 52.4 cm³/mol. The minimum Gasteiger partial charge on any atom is -0.481 e. The van der Waals surface area contributed by atoms with Gasteiger partial charge in [-0.15, -0.1) is 0 Å². The second kappa shape index (κ2) is 6.12. The zero-order chi connectivity index (χ0) is 12.0. The van der Waals surface area contributed by atoms with Gasteiger partial charge in [0.15, 0.2) is 0 Å². The monoisotopic (exact) mass is 236 g/mol. The van der Waals surface area contributed by atoms with Crippen molar-refractivity contribution < 1.29 is 23.7 Å². The highest BCUT2D eigenvalue weighted by Gasteiger charge is 2.17. The van der Waals surface area contributed by atoms with E-state index in [1.165, 1.54) is 6.92 Å². The molecule has 0 saturated heterocycles. The second-order valence-electron chi connectivity index (χ2n) is 2.90. The SMILES string of the molecule is CC(CS(=O)CC(=O)NC(N)=O)C(=O)O. The van der Waals surface area contributed by atoms with Crippen LogP contribution in [0.2, 0.25) is 0 Å². The third-order valence-corrected chi connectivity index (χ3v) is 2.87. The topological polar surface area (TPSA) is 127 Å². The lowest BCUT2D eigenvalue weighted by Gasteiger charge is -2.05. The minimum absolute atomic E-state index is 0.137. The number of rotatable bonds is 5. The number of primary amides is 1. The molecular weight excluding hydrogens is 224 g/mol. The Morgan fingerprint density at radius 1 is 1.47 bits per heavy atom. The Balaban J connectivity index is 3.99. The number of urea groups is 1. The summed E-state index contributed by atoms with van der Waals surface area (Å²) in [6, 6.07) is -1.02. The molecule has 2 unspecified atom stereocenters. The zero-order valence-corrected chi connectivity index (χ0v) is 8.87. The molecule has 0 heterocycles. The Hall–Kier alpha value is -1.44. The van der Waals surface area contributed by atoms with Crippen molar-refractivity contribution in [2.45, 2.75) is 6.92 Å². The summed E-state index contributed by atoms with van der Waals surface area (Å²) in [7, 11) is -1.62. The fraction of sp³-hybridized carbons (Fsp3) is 0.571. The molecule has 0 radical (unpaired) electrons. The fourth-order valence-corrected chi connectivity index (χ4v) is 1.91. The standard InChI is InChI=1S/C7H12N2O5S/c1-4(6(11)12)2-15(14)3-5(10)9-7(8)13/h4H,2-3H2,1H3,(H,11,12)(H3,8,9,10,13). The molecular formula is C7H12N2O5S. The smallest absolute Gasteiger partial charge is 0.318 e. The first-order valence-corrected chi connectivity index (χ1v) is 5.48. The molecule has 0 aromatic carbocycles. The molecule has 3 amide bonds. The molecule has 8 heteroatoms. The molecule has 0 aromatic rings. The summed E-state index contributed by atoms with van der Waals surface area (Å²) in [4.78, 5) is 31.5. The van der Waals surface area contributed by atoms with Gasteiger partial charge in [0.2, 0.25) is 5.91 Å². The number of aliphatic carboxylic acids is 1. The first kappa shape index (κ1) is 13.6. The highest BCUT2D eigenvalue weighted by atomic mass is 32.2. The van der Waals surface area contributed by atoms with Gasteiger partial charge < -0.3 is 10.8 Å². The maximum Gasteiger partial charge on any atom is 0.318 e. The largest absolute Gasteiger partial charge is 0.481 e. The minimum atomic E-state index is -1.62. The van der Waals surface area contributed by atoms with E-state index in [-0.39, 0.29) is 5.75 Å². The van der Waals surface area contributed by atoms with Crippen LogP contribution in [0, 0.1) is 5.92 Å². The highest BCUT2D eigenvalue weighted by Crippen LogP contribution is 1.98. The normalized spacial score (nSPS) is 13.9. The van der Waals surface area contributed by atoms with Crippen molar-refractivity contribution in [2.24, 2.45) is 11.7 Å². The van der Waals surface area contributed by atoms with E-state index in [2.05, 4.69) is 5.73 Å². The van der Waals surface area contributed by atoms with Crippen LogP contribution >= 0.6 is 0 Å². The van der Waals surface area contributed by atoms with Crippen LogP contribution in [0.1, 0.15) is 6.92 Å². The van der Waals surface area contributed by atoms with Crippen LogP contribution in [0.25, 0.3) is 0 Å². The van der Waals surface area contributed by atoms with E-state index in [0.717, 1.165) is 0 Å². The van der Waals surface area contributed by atoms with Crippen LogP contribution in [0.5, 0.6) is 0 Å². The first-order valence-electron chi connectivity index (χ1n) is 4.00. The fourth-order valence-electron chi connectivity index (χ4n) is 0.729. The van der Waals surface area contributed by atoms with Crippen molar-refractivity contribution in [2.75, 3.05) is 11.5 Å². The Kier molecular flexibility index (Phi) is 5.53. The number of carboxylic acids is 1. The number of hydrogen-bond acceptors (Lipinski definition) is 4. The average molecular weight is 236 g/mol. The van der Waals surface area contributed by atoms with Gasteiger partial charge in [0.1, 0.15) is 5.75 Å². The summed E-state index contributed by atoms with van der Waals surface area (Å²) in [5.74, 6) is -3.23. The van der Waals surface area contributed by atoms with Crippen LogP contribution in [0.3, 0.4) is 0 Å². The second-order valence-corrected chi connectivity index (χ2v) is 4.40. The van der Waals surface area contributed by atoms with E-state index >= 15 is 0 Å². The lowest BCUT2D eigenvalue weighted by atomic mass is 10.2. The molecule has 0 bridgehead atoms. The van der Waals surface area contributed by atoms with Crippen LogP contribution in [0.4, 0.5) is 4.79 Å². The maximum absolute atomic E-state index is 11.2. The Morgan fingerprint density at radius 2 is 2.00 bits per heavy atom. The molecule has 0 aromatic heterocycles. The molecule has 0 fully saturated rings. The quantitative estimate of drug-likeness (QED) is 0.544. The molecule has 0 aliphatic carbocycles. The van der Waals surface area contributed by atoms with Crippen molar-refractivity contribution >= 4 is 28.7 Å². The molecule has 0 aliphatic rings. The van der Waals surface area contributed by atoms with Crippen molar-refractivity contribution in [1.82, 2.24) is 5.32 Å². The number of nitrogens with two attached hydrogens (primary N) is 1. The molecule has 7 nitrogen and oxygen atoms in total. The summed E-state index contributed by atoms with van der Waals surface area (Å²) < 4.78 is 11.2. The van der Waals surface area contributed by atoms with Crippen molar-refractivity contribution in [1.29, 1.82) is 0 Å². The molecule has 15 heavy (non-hydrogen) atoms. The van der Waals surface area contributed by atoms with E-state index in [1.54, 1.807) is 5.32 Å². The van der Waals surface area contributed by atoms with Gasteiger partial charge in [-0.1, -0.05) is 6.92 Å². The number of hydrogen-bond donors (Lipinski definition) is 3. The number of carbonyl (C=O) groups excluding carboxylic acids is 2. The summed E-state index contributed by atoms with van der Waals surface area (Å²) in [5.41, 5.74) is 4.65. The molecule has 2 atom stereocenters. The van der Waals surface area contributed by atoms with Crippen LogP contribution in [0.15, 0.2) is 0 Å². The average Bonchev–Trinajstić information content (AvgIpc) is 2.00. The summed E-state index contributed by atoms with van der Waals surface area (Å²) in [5, 5.41) is 10.2. The van der Waals surface area contributed by atoms with Crippen LogP contribution < -0.4 is 11.1 Å².